The number of alkyl halides is 1. The molecule has 1 spiro atoms. The summed E-state index contributed by atoms with van der Waals surface area (Å²) in [5, 5.41) is 4.13. The van der Waals surface area contributed by atoms with E-state index in [1.807, 2.05) is 0 Å². The van der Waals surface area contributed by atoms with Crippen molar-refractivity contribution >= 4 is 11.6 Å². The van der Waals surface area contributed by atoms with Crippen LogP contribution < -0.4 is 4.74 Å². The molecule has 0 radical (unpaired) electrons. The molecule has 1 amide bonds. The third kappa shape index (κ3) is 5.23. The lowest BCUT2D eigenvalue weighted by Crippen LogP contribution is -2.58. The van der Waals surface area contributed by atoms with Crippen LogP contribution in [0.1, 0.15) is 50.5 Å². The number of amides is 1. The summed E-state index contributed by atoms with van der Waals surface area (Å²) in [4.78, 5) is 24.7. The average molecular weight is 505 g/mol. The number of carbonyl (C=O) groups is 1. The van der Waals surface area contributed by atoms with Crippen LogP contribution in [0.2, 0.25) is 0 Å². The molecule has 3 fully saturated rings. The predicted octanol–water partition coefficient (Wildman–Crippen LogP) is 3.47. The Bertz CT molecular complexity index is 979. The van der Waals surface area contributed by atoms with E-state index in [0.29, 0.717) is 68.4 Å². The molecule has 4 heterocycles. The van der Waals surface area contributed by atoms with Gasteiger partial charge >= 0.3 is 0 Å². The maximum atomic E-state index is 15.9. The quantitative estimate of drug-likeness (QED) is 0.588. The molecule has 1 aromatic carbocycles. The lowest BCUT2D eigenvalue weighted by atomic mass is 9.81. The minimum absolute atomic E-state index is 0.264. The van der Waals surface area contributed by atoms with Crippen LogP contribution in [0, 0.1) is 11.7 Å². The number of benzene rings is 1. The Morgan fingerprint density at radius 1 is 1.11 bits per heavy atom. The Morgan fingerprint density at radius 3 is 2.47 bits per heavy atom. The molecule has 3 saturated heterocycles. The number of rotatable bonds is 4. The van der Waals surface area contributed by atoms with E-state index in [0.717, 1.165) is 19.6 Å². The maximum Gasteiger partial charge on any atom is 0.260 e. The highest BCUT2D eigenvalue weighted by Crippen LogP contribution is 2.41. The van der Waals surface area contributed by atoms with Crippen LogP contribution in [0.25, 0.3) is 0 Å². The minimum Gasteiger partial charge on any atom is -0.486 e. The molecule has 0 atom stereocenters. The Hall–Kier alpha value is -2.26. The van der Waals surface area contributed by atoms with Gasteiger partial charge in [0.1, 0.15) is 24.3 Å². The molecule has 5 rings (SSSR count). The number of carbonyl (C=O) groups excluding carboxylic acids is 1. The summed E-state index contributed by atoms with van der Waals surface area (Å²) >= 11 is 0. The van der Waals surface area contributed by atoms with E-state index in [9.17, 15) is 9.18 Å². The molecule has 4 aliphatic rings. The van der Waals surface area contributed by atoms with Gasteiger partial charge in [-0.25, -0.2) is 8.78 Å². The number of nitrogens with zero attached hydrogens (tertiary/aromatic N) is 4. The molecular formula is C27H38F2N4O3. The van der Waals surface area contributed by atoms with E-state index in [4.69, 9.17) is 9.57 Å². The molecule has 7 nitrogen and oxygen atoms in total. The zero-order valence-corrected chi connectivity index (χ0v) is 21.5. The van der Waals surface area contributed by atoms with E-state index in [-0.39, 0.29) is 24.6 Å². The molecule has 0 N–H and O–H groups in total. The normalized spacial score (nSPS) is 26.0. The third-order valence-corrected chi connectivity index (χ3v) is 8.62. The van der Waals surface area contributed by atoms with Gasteiger partial charge in [0.15, 0.2) is 5.67 Å². The summed E-state index contributed by atoms with van der Waals surface area (Å²) in [6.07, 6.45) is 4.51. The van der Waals surface area contributed by atoms with Gasteiger partial charge < -0.3 is 24.3 Å². The summed E-state index contributed by atoms with van der Waals surface area (Å²) in [7, 11) is 3.63. The summed E-state index contributed by atoms with van der Waals surface area (Å²) in [6.45, 7) is 5.41. The first-order valence-corrected chi connectivity index (χ1v) is 13.3. The van der Waals surface area contributed by atoms with Crippen molar-refractivity contribution in [3.8, 4) is 5.75 Å². The molecule has 1 aromatic rings. The van der Waals surface area contributed by atoms with Crippen molar-refractivity contribution in [1.82, 2.24) is 14.7 Å². The number of ether oxygens (including phenoxy) is 1. The van der Waals surface area contributed by atoms with Gasteiger partial charge in [0.25, 0.3) is 5.91 Å². The van der Waals surface area contributed by atoms with Gasteiger partial charge in [0.05, 0.1) is 5.71 Å². The zero-order valence-electron chi connectivity index (χ0n) is 21.5. The predicted molar refractivity (Wildman–Crippen MR) is 133 cm³/mol. The van der Waals surface area contributed by atoms with Crippen LogP contribution in [0.4, 0.5) is 8.78 Å². The zero-order chi connectivity index (χ0) is 25.3. The minimum atomic E-state index is -1.78. The summed E-state index contributed by atoms with van der Waals surface area (Å²) < 4.78 is 36.0. The molecule has 198 valence electrons. The number of oxime groups is 1. The van der Waals surface area contributed by atoms with Crippen molar-refractivity contribution in [2.45, 2.75) is 56.2 Å². The molecule has 0 aromatic heterocycles. The lowest BCUT2D eigenvalue weighted by Gasteiger charge is -2.46. The fourth-order valence-corrected chi connectivity index (χ4v) is 6.27. The number of hydrogen-bond donors (Lipinski definition) is 0. The molecule has 9 heteroatoms. The second-order valence-electron chi connectivity index (χ2n) is 11.1. The average Bonchev–Trinajstić information content (AvgIpc) is 2.88. The van der Waals surface area contributed by atoms with Crippen LogP contribution in [0.15, 0.2) is 23.4 Å². The van der Waals surface area contributed by atoms with E-state index < -0.39 is 11.3 Å². The topological polar surface area (TPSA) is 57.6 Å². The number of likely N-dealkylation sites (tertiary alicyclic amines) is 3. The highest BCUT2D eigenvalue weighted by Gasteiger charge is 2.48. The van der Waals surface area contributed by atoms with E-state index in [1.54, 1.807) is 11.0 Å². The number of fused-ring (bicyclic) bond motifs is 1. The van der Waals surface area contributed by atoms with Gasteiger partial charge in [-0.2, -0.15) is 0 Å². The number of hydrogen-bond acceptors (Lipinski definition) is 6. The molecule has 0 bridgehead atoms. The highest BCUT2D eigenvalue weighted by atomic mass is 19.1. The first kappa shape index (κ1) is 25.4. The van der Waals surface area contributed by atoms with Crippen LogP contribution in [0.3, 0.4) is 0 Å². The van der Waals surface area contributed by atoms with Crippen molar-refractivity contribution in [2.24, 2.45) is 11.1 Å². The molecule has 0 unspecified atom stereocenters. The van der Waals surface area contributed by atoms with Gasteiger partial charge in [-0.3, -0.25) is 4.79 Å². The lowest BCUT2D eigenvalue weighted by molar-refractivity contribution is -0.151. The van der Waals surface area contributed by atoms with Crippen LogP contribution in [0.5, 0.6) is 5.75 Å². The van der Waals surface area contributed by atoms with Crippen LogP contribution in [-0.2, 0) is 9.63 Å². The maximum absolute atomic E-state index is 15.9. The fourth-order valence-electron chi connectivity index (χ4n) is 6.27. The Morgan fingerprint density at radius 2 is 1.81 bits per heavy atom. The van der Waals surface area contributed by atoms with E-state index >= 15 is 4.39 Å². The highest BCUT2D eigenvalue weighted by molar-refractivity contribution is 6.04. The Kier molecular flexibility index (Phi) is 7.23. The third-order valence-electron chi connectivity index (χ3n) is 8.62. The van der Waals surface area contributed by atoms with Crippen molar-refractivity contribution in [1.29, 1.82) is 0 Å². The fraction of sp³-hybridized carbons (Fsp3) is 0.704. The Balaban J connectivity index is 1.17. The van der Waals surface area contributed by atoms with Crippen LogP contribution in [-0.4, -0.2) is 97.6 Å². The van der Waals surface area contributed by atoms with Gasteiger partial charge in [0.2, 0.25) is 0 Å². The first-order valence-electron chi connectivity index (χ1n) is 13.3. The first-order chi connectivity index (χ1) is 17.3. The number of piperidine rings is 3. The summed E-state index contributed by atoms with van der Waals surface area (Å²) in [5.41, 5.74) is -1.11. The van der Waals surface area contributed by atoms with Crippen molar-refractivity contribution in [2.75, 3.05) is 60.0 Å². The Labute approximate surface area is 212 Å². The van der Waals surface area contributed by atoms with E-state index in [2.05, 4.69) is 22.0 Å². The van der Waals surface area contributed by atoms with Crippen molar-refractivity contribution < 1.29 is 23.1 Å². The van der Waals surface area contributed by atoms with Gasteiger partial charge in [-0.15, -0.1) is 0 Å². The number of halogens is 2. The molecular weight excluding hydrogens is 466 g/mol. The largest absolute Gasteiger partial charge is 0.486 e. The molecule has 4 aliphatic heterocycles. The van der Waals surface area contributed by atoms with Gasteiger partial charge in [0, 0.05) is 70.4 Å². The molecule has 0 saturated carbocycles. The van der Waals surface area contributed by atoms with Gasteiger partial charge in [-0.05, 0) is 57.1 Å². The molecule has 36 heavy (non-hydrogen) atoms. The van der Waals surface area contributed by atoms with Crippen LogP contribution >= 0.6 is 0 Å². The smallest absolute Gasteiger partial charge is 0.260 e. The molecule has 0 aliphatic carbocycles. The summed E-state index contributed by atoms with van der Waals surface area (Å²) in [6, 6.07) is 4.39. The van der Waals surface area contributed by atoms with Crippen molar-refractivity contribution in [3.63, 3.8) is 0 Å². The monoisotopic (exact) mass is 504 g/mol. The van der Waals surface area contributed by atoms with Gasteiger partial charge in [-0.1, -0.05) is 5.16 Å². The van der Waals surface area contributed by atoms with E-state index in [1.165, 1.54) is 32.1 Å². The SMILES string of the molecule is CON=C1CC2(CCN(C(=O)C3(F)CCN(CC4CCN(C)CC4)CC3)CC2)Oc2ccc(F)cc21. The second kappa shape index (κ2) is 10.2. The summed E-state index contributed by atoms with van der Waals surface area (Å²) in [5.74, 6) is 0.506. The van der Waals surface area contributed by atoms with Crippen molar-refractivity contribution in [3.05, 3.63) is 29.6 Å². The second-order valence-corrected chi connectivity index (χ2v) is 11.1. The standard InChI is InChI=1S/C27H38F2N4O3/c1-31-11-5-20(6-12-31)19-32-13-9-27(29,10-14-32)25(34)33-15-7-26(8-16-33)18-23(30-35-2)22-17-21(28)3-4-24(22)36-26/h3-4,17,20H,5-16,18-19H2,1-2H3.